The third-order valence-corrected chi connectivity index (χ3v) is 7.74. The molecule has 0 bridgehead atoms. The van der Waals surface area contributed by atoms with Crippen LogP contribution >= 0.6 is 0 Å². The van der Waals surface area contributed by atoms with Crippen LogP contribution in [0.2, 0.25) is 0 Å². The van der Waals surface area contributed by atoms with Gasteiger partial charge in [-0.15, -0.1) is 0 Å². The quantitative estimate of drug-likeness (QED) is 0.163. The second-order valence-electron chi connectivity index (χ2n) is 13.7. The zero-order valence-corrected chi connectivity index (χ0v) is 28.3. The van der Waals surface area contributed by atoms with E-state index in [1.807, 2.05) is 43.5 Å². The van der Waals surface area contributed by atoms with Gasteiger partial charge in [0.05, 0.1) is 23.9 Å². The fraction of sp³-hybridized carbons (Fsp3) is 0.378. The van der Waals surface area contributed by atoms with Crippen LogP contribution in [0.25, 0.3) is 27.8 Å². The van der Waals surface area contributed by atoms with Crippen LogP contribution in [0.1, 0.15) is 59.9 Å². The number of nitrogens with one attached hydrogen (secondary N) is 1. The molecule has 1 fully saturated rings. The average Bonchev–Trinajstić information content (AvgIpc) is 3.38. The van der Waals surface area contributed by atoms with Gasteiger partial charge in [-0.1, -0.05) is 0 Å². The molecule has 0 saturated carbocycles. The third-order valence-electron chi connectivity index (χ3n) is 7.74. The lowest BCUT2D eigenvalue weighted by molar-refractivity contribution is 0.0205. The number of carbonyl (C=O) groups is 2. The predicted molar refractivity (Wildman–Crippen MR) is 181 cm³/mol. The maximum Gasteiger partial charge on any atom is 0.514 e. The molecular weight excluding hydrogens is 615 g/mol. The Morgan fingerprint density at radius 1 is 0.875 bits per heavy atom. The molecule has 1 aromatic heterocycles. The SMILES string of the molecule is COc1ccc(-c2cc3cc(N4CCC(NC(=O)OC(C)(C)C)CC4)ccc3n2-c2ccc(C#N)c(OC(=O)OC(C)(C)C)c2)cc1F. The Morgan fingerprint density at radius 3 is 2.19 bits per heavy atom. The summed E-state index contributed by atoms with van der Waals surface area (Å²) in [5.41, 5.74) is 2.51. The van der Waals surface area contributed by atoms with E-state index in [0.717, 1.165) is 42.5 Å². The number of methoxy groups -OCH3 is 1. The summed E-state index contributed by atoms with van der Waals surface area (Å²) in [5.74, 6) is -0.346. The highest BCUT2D eigenvalue weighted by atomic mass is 19.1. The van der Waals surface area contributed by atoms with Gasteiger partial charge in [-0.3, -0.25) is 0 Å². The number of hydrogen-bond donors (Lipinski definition) is 1. The number of alkyl carbamates (subject to hydrolysis) is 1. The minimum Gasteiger partial charge on any atom is -0.494 e. The van der Waals surface area contributed by atoms with Gasteiger partial charge in [0, 0.05) is 47.5 Å². The van der Waals surface area contributed by atoms with Crippen LogP contribution in [-0.2, 0) is 9.47 Å². The van der Waals surface area contributed by atoms with Crippen molar-refractivity contribution < 1.29 is 32.9 Å². The lowest BCUT2D eigenvalue weighted by atomic mass is 10.0. The van der Waals surface area contributed by atoms with Crippen LogP contribution in [0.4, 0.5) is 19.7 Å². The highest BCUT2D eigenvalue weighted by molar-refractivity contribution is 5.92. The van der Waals surface area contributed by atoms with Crippen molar-refractivity contribution in [3.05, 3.63) is 72.0 Å². The maximum absolute atomic E-state index is 15.0. The molecule has 3 aromatic carbocycles. The van der Waals surface area contributed by atoms with Gasteiger partial charge >= 0.3 is 12.2 Å². The number of carbonyl (C=O) groups excluding carboxylic acids is 2. The van der Waals surface area contributed by atoms with Gasteiger partial charge in [-0.2, -0.15) is 5.26 Å². The van der Waals surface area contributed by atoms with Crippen LogP contribution in [0.5, 0.6) is 11.5 Å². The Kier molecular flexibility index (Phi) is 9.57. The zero-order chi connectivity index (χ0) is 34.8. The molecule has 10 nitrogen and oxygen atoms in total. The van der Waals surface area contributed by atoms with E-state index >= 15 is 0 Å². The Bertz CT molecular complexity index is 1870. The molecule has 1 aliphatic heterocycles. The van der Waals surface area contributed by atoms with E-state index < -0.39 is 29.3 Å². The molecule has 1 aliphatic rings. The Morgan fingerprint density at radius 2 is 1.56 bits per heavy atom. The molecule has 1 N–H and O–H groups in total. The molecule has 1 saturated heterocycles. The summed E-state index contributed by atoms with van der Waals surface area (Å²) in [7, 11) is 1.41. The van der Waals surface area contributed by atoms with Gasteiger partial charge in [-0.05, 0) is 109 Å². The van der Waals surface area contributed by atoms with Crippen molar-refractivity contribution in [1.29, 1.82) is 5.26 Å². The number of amides is 1. The van der Waals surface area contributed by atoms with E-state index in [1.165, 1.54) is 13.2 Å². The summed E-state index contributed by atoms with van der Waals surface area (Å²) in [6, 6.07) is 19.8. The Hall–Kier alpha value is -5.24. The number of halogens is 1. The summed E-state index contributed by atoms with van der Waals surface area (Å²) in [6.07, 6.45) is 0.190. The zero-order valence-electron chi connectivity index (χ0n) is 28.3. The van der Waals surface area contributed by atoms with Gasteiger partial charge in [0.2, 0.25) is 0 Å². The van der Waals surface area contributed by atoms with Crippen molar-refractivity contribution in [2.75, 3.05) is 25.1 Å². The summed E-state index contributed by atoms with van der Waals surface area (Å²) in [5, 5.41) is 13.6. The first-order chi connectivity index (χ1) is 22.6. The number of fused-ring (bicyclic) bond motifs is 1. The number of benzene rings is 3. The summed E-state index contributed by atoms with van der Waals surface area (Å²) < 4.78 is 38.3. The van der Waals surface area contributed by atoms with E-state index in [4.69, 9.17) is 18.9 Å². The first kappa shape index (κ1) is 34.1. The van der Waals surface area contributed by atoms with Crippen LogP contribution in [0.15, 0.2) is 60.7 Å². The van der Waals surface area contributed by atoms with Crippen LogP contribution in [-0.4, -0.2) is 54.3 Å². The second kappa shape index (κ2) is 13.5. The number of hydrogen-bond acceptors (Lipinski definition) is 8. The summed E-state index contributed by atoms with van der Waals surface area (Å²) in [4.78, 5) is 27.1. The van der Waals surface area contributed by atoms with Crippen LogP contribution in [0.3, 0.4) is 0 Å². The summed E-state index contributed by atoms with van der Waals surface area (Å²) >= 11 is 0. The van der Waals surface area contributed by atoms with E-state index in [1.54, 1.807) is 51.1 Å². The number of ether oxygens (including phenoxy) is 4. The van der Waals surface area contributed by atoms with Crippen molar-refractivity contribution in [1.82, 2.24) is 9.88 Å². The van der Waals surface area contributed by atoms with Gasteiger partial charge in [0.25, 0.3) is 0 Å². The van der Waals surface area contributed by atoms with E-state index in [9.17, 15) is 19.2 Å². The van der Waals surface area contributed by atoms with Crippen molar-refractivity contribution in [3.63, 3.8) is 0 Å². The molecule has 4 aromatic rings. The molecule has 0 spiro atoms. The number of rotatable bonds is 6. The highest BCUT2D eigenvalue weighted by Crippen LogP contribution is 2.37. The number of nitriles is 1. The van der Waals surface area contributed by atoms with Gasteiger partial charge < -0.3 is 33.7 Å². The number of anilines is 1. The number of piperidine rings is 1. The van der Waals surface area contributed by atoms with Gasteiger partial charge in [0.1, 0.15) is 17.3 Å². The molecule has 0 radical (unpaired) electrons. The number of nitrogens with zero attached hydrogens (tertiary/aromatic N) is 3. The summed E-state index contributed by atoms with van der Waals surface area (Å²) in [6.45, 7) is 12.2. The van der Waals surface area contributed by atoms with E-state index in [0.29, 0.717) is 16.9 Å². The molecule has 2 heterocycles. The van der Waals surface area contributed by atoms with Crippen molar-refractivity contribution in [3.8, 4) is 34.5 Å². The van der Waals surface area contributed by atoms with E-state index in [-0.39, 0.29) is 23.1 Å². The number of aromatic nitrogens is 1. The van der Waals surface area contributed by atoms with E-state index in [2.05, 4.69) is 22.4 Å². The normalized spacial score (nSPS) is 13.9. The molecule has 1 amide bonds. The van der Waals surface area contributed by atoms with Gasteiger partial charge in [-0.25, -0.2) is 14.0 Å². The lowest BCUT2D eigenvalue weighted by Crippen LogP contribution is -2.46. The molecule has 0 aliphatic carbocycles. The first-order valence-corrected chi connectivity index (χ1v) is 15.8. The molecule has 0 atom stereocenters. The molecule has 0 unspecified atom stereocenters. The second-order valence-corrected chi connectivity index (χ2v) is 13.7. The average molecular weight is 657 g/mol. The first-order valence-electron chi connectivity index (χ1n) is 15.8. The van der Waals surface area contributed by atoms with Gasteiger partial charge in [0.15, 0.2) is 17.3 Å². The standard InChI is InChI=1S/C37H41FN4O6/c1-36(2,3)47-34(43)40-26-14-16-41(17-15-26)27-11-12-30-25(18-27)20-31(23-9-13-32(45-7)29(38)19-23)42(30)28-10-8-24(22-39)33(21-28)46-35(44)48-37(4,5)6/h8-13,18-21,26H,14-17H2,1-7H3,(H,40,43). The monoisotopic (exact) mass is 656 g/mol. The van der Waals surface area contributed by atoms with Crippen LogP contribution < -0.4 is 19.7 Å². The van der Waals surface area contributed by atoms with Crippen molar-refractivity contribution >= 4 is 28.8 Å². The molecule has 252 valence electrons. The minimum absolute atomic E-state index is 0.0194. The largest absolute Gasteiger partial charge is 0.514 e. The van der Waals surface area contributed by atoms with Crippen LogP contribution in [0, 0.1) is 17.1 Å². The molecule has 11 heteroatoms. The minimum atomic E-state index is -0.930. The maximum atomic E-state index is 15.0. The highest BCUT2D eigenvalue weighted by Gasteiger charge is 2.25. The smallest absolute Gasteiger partial charge is 0.494 e. The topological polar surface area (TPSA) is 115 Å². The van der Waals surface area contributed by atoms with Crippen molar-refractivity contribution in [2.45, 2.75) is 71.6 Å². The molecular formula is C37H41FN4O6. The lowest BCUT2D eigenvalue weighted by Gasteiger charge is -2.34. The fourth-order valence-electron chi connectivity index (χ4n) is 5.66. The predicted octanol–water partition coefficient (Wildman–Crippen LogP) is 8.12. The fourth-order valence-corrected chi connectivity index (χ4v) is 5.66. The molecule has 48 heavy (non-hydrogen) atoms. The van der Waals surface area contributed by atoms with Crippen molar-refractivity contribution in [2.24, 2.45) is 0 Å². The Balaban J connectivity index is 1.50. The molecule has 5 rings (SSSR count). The third kappa shape index (κ3) is 8.00. The Labute approximate surface area is 279 Å².